The molecule has 2 amide bonds. The molecule has 1 aliphatic heterocycles. The fourth-order valence-corrected chi connectivity index (χ4v) is 2.56. The maximum atomic E-state index is 12.3. The molecule has 0 spiro atoms. The van der Waals surface area contributed by atoms with E-state index in [9.17, 15) is 9.59 Å². The highest BCUT2D eigenvalue weighted by atomic mass is 127. The number of rotatable bonds is 2. The minimum Gasteiger partial charge on any atom is -0.450 e. The highest BCUT2D eigenvalue weighted by Gasteiger charge is 2.34. The molecule has 5 nitrogen and oxygen atoms in total. The summed E-state index contributed by atoms with van der Waals surface area (Å²) < 4.78 is 6.87. The Kier molecular flexibility index (Phi) is 3.85. The summed E-state index contributed by atoms with van der Waals surface area (Å²) in [5.41, 5.74) is 3.18. The Balaban J connectivity index is 1.92. The second-order valence-electron chi connectivity index (χ2n) is 4.26. The molecule has 106 valence electrons. The van der Waals surface area contributed by atoms with Gasteiger partial charge in [0.25, 0.3) is 11.8 Å². The van der Waals surface area contributed by atoms with E-state index < -0.39 is 11.8 Å². The van der Waals surface area contributed by atoms with Gasteiger partial charge in [0.05, 0.1) is 5.69 Å². The van der Waals surface area contributed by atoms with Gasteiger partial charge in [0, 0.05) is 3.57 Å². The van der Waals surface area contributed by atoms with Crippen molar-refractivity contribution in [1.29, 1.82) is 0 Å². The molecule has 1 fully saturated rings. The van der Waals surface area contributed by atoms with E-state index in [1.807, 2.05) is 12.1 Å². The minimum absolute atomic E-state index is 0.0374. The molecule has 1 aliphatic rings. The SMILES string of the molecule is O=C1NN(c2ccc(I)cc2)C(=O)/C1=C\c1ccc(Br)o1. The quantitative estimate of drug-likeness (QED) is 0.427. The van der Waals surface area contributed by atoms with Crippen LogP contribution in [0.3, 0.4) is 0 Å². The van der Waals surface area contributed by atoms with Crippen LogP contribution in [-0.4, -0.2) is 11.8 Å². The van der Waals surface area contributed by atoms with Gasteiger partial charge in [-0.05, 0) is 81.0 Å². The number of nitrogens with one attached hydrogen (secondary N) is 1. The lowest BCUT2D eigenvalue weighted by Crippen LogP contribution is -2.35. The summed E-state index contributed by atoms with van der Waals surface area (Å²) in [5.74, 6) is -0.426. The summed E-state index contributed by atoms with van der Waals surface area (Å²) in [7, 11) is 0. The Labute approximate surface area is 142 Å². The molecule has 0 unspecified atom stereocenters. The van der Waals surface area contributed by atoms with Gasteiger partial charge >= 0.3 is 0 Å². The Hall–Kier alpha value is -1.61. The zero-order valence-corrected chi connectivity index (χ0v) is 14.2. The fourth-order valence-electron chi connectivity index (χ4n) is 1.88. The molecule has 0 radical (unpaired) electrons. The number of hydrogen-bond donors (Lipinski definition) is 1. The molecule has 0 atom stereocenters. The number of hydrazine groups is 1. The first-order valence-corrected chi connectivity index (χ1v) is 7.80. The van der Waals surface area contributed by atoms with Gasteiger partial charge in [0.1, 0.15) is 11.3 Å². The summed E-state index contributed by atoms with van der Waals surface area (Å²) in [5, 5.41) is 1.22. The number of hydrogen-bond acceptors (Lipinski definition) is 3. The normalized spacial score (nSPS) is 16.7. The third-order valence-electron chi connectivity index (χ3n) is 2.86. The van der Waals surface area contributed by atoms with Gasteiger partial charge in [-0.3, -0.25) is 15.0 Å². The smallest absolute Gasteiger partial charge is 0.282 e. The molecule has 0 bridgehead atoms. The van der Waals surface area contributed by atoms with Crippen molar-refractivity contribution in [2.45, 2.75) is 0 Å². The average Bonchev–Trinajstić information content (AvgIpc) is 2.98. The molecule has 2 aromatic rings. The van der Waals surface area contributed by atoms with Crippen LogP contribution < -0.4 is 10.4 Å². The van der Waals surface area contributed by atoms with E-state index in [0.717, 1.165) is 3.57 Å². The van der Waals surface area contributed by atoms with Crippen LogP contribution in [-0.2, 0) is 9.59 Å². The van der Waals surface area contributed by atoms with Gasteiger partial charge < -0.3 is 4.42 Å². The lowest BCUT2D eigenvalue weighted by molar-refractivity contribution is -0.117. The maximum Gasteiger partial charge on any atom is 0.282 e. The fraction of sp³-hybridized carbons (Fsp3) is 0. The van der Waals surface area contributed by atoms with Crippen LogP contribution in [0.1, 0.15) is 5.76 Å². The van der Waals surface area contributed by atoms with Gasteiger partial charge in [0.2, 0.25) is 0 Å². The number of carbonyl (C=O) groups excluding carboxylic acids is 2. The zero-order valence-electron chi connectivity index (χ0n) is 10.5. The summed E-state index contributed by atoms with van der Waals surface area (Å²) in [6, 6.07) is 10.6. The first kappa shape index (κ1) is 14.3. The van der Waals surface area contributed by atoms with Crippen molar-refractivity contribution in [2.75, 3.05) is 5.01 Å². The number of amides is 2. The van der Waals surface area contributed by atoms with Crippen LogP contribution in [0.2, 0.25) is 0 Å². The molecule has 1 saturated heterocycles. The highest BCUT2D eigenvalue weighted by molar-refractivity contribution is 14.1. The van der Waals surface area contributed by atoms with Gasteiger partial charge in [-0.15, -0.1) is 0 Å². The average molecular weight is 459 g/mol. The number of carbonyl (C=O) groups is 2. The van der Waals surface area contributed by atoms with Crippen molar-refractivity contribution >= 4 is 62.1 Å². The first-order chi connectivity index (χ1) is 10.0. The van der Waals surface area contributed by atoms with E-state index >= 15 is 0 Å². The molecular weight excluding hydrogens is 451 g/mol. The third-order valence-corrected chi connectivity index (χ3v) is 4.00. The van der Waals surface area contributed by atoms with Crippen molar-refractivity contribution in [2.24, 2.45) is 0 Å². The van der Waals surface area contributed by atoms with Gasteiger partial charge in [-0.1, -0.05) is 0 Å². The Morgan fingerprint density at radius 3 is 2.48 bits per heavy atom. The largest absolute Gasteiger partial charge is 0.450 e. The molecular formula is C14H8BrIN2O3. The lowest BCUT2D eigenvalue weighted by atomic mass is 10.2. The summed E-state index contributed by atoms with van der Waals surface area (Å²) in [6.07, 6.45) is 1.43. The summed E-state index contributed by atoms with van der Waals surface area (Å²) in [4.78, 5) is 24.3. The topological polar surface area (TPSA) is 62.6 Å². The monoisotopic (exact) mass is 458 g/mol. The molecule has 1 aromatic heterocycles. The number of furan rings is 1. The van der Waals surface area contributed by atoms with Gasteiger partial charge in [-0.25, -0.2) is 5.01 Å². The van der Waals surface area contributed by atoms with E-state index in [4.69, 9.17) is 4.42 Å². The summed E-state index contributed by atoms with van der Waals surface area (Å²) >= 11 is 5.35. The van der Waals surface area contributed by atoms with E-state index in [-0.39, 0.29) is 5.57 Å². The maximum absolute atomic E-state index is 12.3. The van der Waals surface area contributed by atoms with E-state index in [1.54, 1.807) is 24.3 Å². The minimum atomic E-state index is -0.453. The molecule has 3 rings (SSSR count). The standard InChI is InChI=1S/C14H8BrIN2O3/c15-12-6-5-10(21-12)7-11-13(19)17-18(14(11)20)9-3-1-8(16)2-4-9/h1-7H,(H,17,19)/b11-7-. The first-order valence-electron chi connectivity index (χ1n) is 5.92. The van der Waals surface area contributed by atoms with Crippen molar-refractivity contribution in [3.63, 3.8) is 0 Å². The number of anilines is 1. The van der Waals surface area contributed by atoms with E-state index in [2.05, 4.69) is 43.9 Å². The molecule has 1 aromatic carbocycles. The molecule has 21 heavy (non-hydrogen) atoms. The molecule has 0 aliphatic carbocycles. The number of nitrogens with zero attached hydrogens (tertiary/aromatic N) is 1. The molecule has 2 heterocycles. The number of benzene rings is 1. The Morgan fingerprint density at radius 1 is 1.14 bits per heavy atom. The van der Waals surface area contributed by atoms with Crippen LogP contribution in [0.5, 0.6) is 0 Å². The van der Waals surface area contributed by atoms with Crippen LogP contribution >= 0.6 is 38.5 Å². The van der Waals surface area contributed by atoms with Crippen molar-refractivity contribution in [1.82, 2.24) is 5.43 Å². The number of halogens is 2. The van der Waals surface area contributed by atoms with Crippen LogP contribution in [0.25, 0.3) is 6.08 Å². The van der Waals surface area contributed by atoms with Gasteiger partial charge in [0.15, 0.2) is 4.67 Å². The molecule has 7 heteroatoms. The molecule has 0 saturated carbocycles. The van der Waals surface area contributed by atoms with Crippen LogP contribution in [0.4, 0.5) is 5.69 Å². The zero-order chi connectivity index (χ0) is 15.0. The predicted octanol–water partition coefficient (Wildman–Crippen LogP) is 3.11. The van der Waals surface area contributed by atoms with E-state index in [0.29, 0.717) is 16.1 Å². The highest BCUT2D eigenvalue weighted by Crippen LogP contribution is 2.23. The van der Waals surface area contributed by atoms with Gasteiger partial charge in [-0.2, -0.15) is 0 Å². The Morgan fingerprint density at radius 2 is 1.86 bits per heavy atom. The second-order valence-corrected chi connectivity index (χ2v) is 6.29. The van der Waals surface area contributed by atoms with Crippen molar-refractivity contribution < 1.29 is 14.0 Å². The van der Waals surface area contributed by atoms with Crippen molar-refractivity contribution in [3.05, 3.63) is 56.0 Å². The van der Waals surface area contributed by atoms with Crippen molar-refractivity contribution in [3.8, 4) is 0 Å². The summed E-state index contributed by atoms with van der Waals surface area (Å²) in [6.45, 7) is 0. The molecule has 1 N–H and O–H groups in total. The Bertz CT molecular complexity index is 752. The second kappa shape index (κ2) is 5.64. The predicted molar refractivity (Wildman–Crippen MR) is 89.2 cm³/mol. The van der Waals surface area contributed by atoms with Crippen LogP contribution in [0.15, 0.2) is 51.1 Å². The third kappa shape index (κ3) is 2.88. The van der Waals surface area contributed by atoms with Crippen LogP contribution in [0, 0.1) is 3.57 Å². The van der Waals surface area contributed by atoms with E-state index in [1.165, 1.54) is 11.1 Å². The lowest BCUT2D eigenvalue weighted by Gasteiger charge is -2.14.